The summed E-state index contributed by atoms with van der Waals surface area (Å²) in [5.74, 6) is -3.51. The van der Waals surface area contributed by atoms with Crippen molar-refractivity contribution in [2.75, 3.05) is 43.6 Å². The molecule has 3 aromatic rings. The number of fused-ring (bicyclic) bond motifs is 2. The predicted octanol–water partition coefficient (Wildman–Crippen LogP) is 3.79. The highest BCUT2D eigenvalue weighted by atomic mass is 19.3. The lowest BCUT2D eigenvalue weighted by Crippen LogP contribution is -2.45. The molecular weight excluding hydrogens is 570 g/mol. The average molecular weight is 600 g/mol. The van der Waals surface area contributed by atoms with E-state index in [9.17, 15) is 18.4 Å². The second-order valence-electron chi connectivity index (χ2n) is 10.9. The van der Waals surface area contributed by atoms with Gasteiger partial charge < -0.3 is 19.7 Å². The maximum absolute atomic E-state index is 15.3. The summed E-state index contributed by atoms with van der Waals surface area (Å²) >= 11 is 0. The number of anilines is 2. The first-order valence-corrected chi connectivity index (χ1v) is 13.8. The summed E-state index contributed by atoms with van der Waals surface area (Å²) in [6.07, 6.45) is 1.02. The van der Waals surface area contributed by atoms with Gasteiger partial charge in [0.25, 0.3) is 11.8 Å². The van der Waals surface area contributed by atoms with Crippen LogP contribution in [0.3, 0.4) is 0 Å². The number of carbonyl (C=O) groups excluding carboxylic acids is 2. The van der Waals surface area contributed by atoms with Crippen molar-refractivity contribution in [3.05, 3.63) is 77.4 Å². The van der Waals surface area contributed by atoms with Crippen LogP contribution in [-0.4, -0.2) is 80.2 Å². The summed E-state index contributed by atoms with van der Waals surface area (Å²) in [4.78, 5) is 37.6. The first-order valence-electron chi connectivity index (χ1n) is 13.8. The maximum atomic E-state index is 15.3. The molecule has 4 atom stereocenters. The van der Waals surface area contributed by atoms with Crippen molar-refractivity contribution in [1.29, 1.82) is 0 Å². The highest BCUT2D eigenvalue weighted by Gasteiger charge is 2.46. The summed E-state index contributed by atoms with van der Waals surface area (Å²) in [7, 11) is 3.37. The minimum absolute atomic E-state index is 0.0356. The first kappa shape index (κ1) is 28.7. The molecular formula is C30H29F4N5O4. The van der Waals surface area contributed by atoms with Gasteiger partial charge in [0.1, 0.15) is 40.8 Å². The van der Waals surface area contributed by atoms with Crippen LogP contribution in [-0.2, 0) is 4.79 Å². The summed E-state index contributed by atoms with van der Waals surface area (Å²) in [6, 6.07) is 11.6. The number of likely N-dealkylation sites (tertiary alicyclic amines) is 1. The smallest absolute Gasteiger partial charge is 0.387 e. The molecule has 3 aliphatic heterocycles. The summed E-state index contributed by atoms with van der Waals surface area (Å²) < 4.78 is 65.0. The normalized spacial score (nSPS) is 23.4. The fraction of sp³-hybridized carbons (Fsp3) is 0.367. The molecule has 226 valence electrons. The van der Waals surface area contributed by atoms with Crippen molar-refractivity contribution >= 4 is 23.5 Å². The van der Waals surface area contributed by atoms with E-state index in [1.165, 1.54) is 36.3 Å². The Balaban J connectivity index is 1.31. The molecule has 13 heteroatoms. The van der Waals surface area contributed by atoms with Crippen LogP contribution in [0.4, 0.5) is 29.2 Å². The third-order valence-corrected chi connectivity index (χ3v) is 8.41. The molecule has 2 aromatic carbocycles. The lowest BCUT2D eigenvalue weighted by Gasteiger charge is -2.33. The number of methoxy groups -OCH3 is 1. The number of hydrogen-bond acceptors (Lipinski definition) is 7. The zero-order chi connectivity index (χ0) is 30.4. The Hall–Kier alpha value is -4.39. The molecule has 1 aromatic heterocycles. The van der Waals surface area contributed by atoms with Crippen molar-refractivity contribution in [3.63, 3.8) is 0 Å². The highest BCUT2D eigenvalue weighted by molar-refractivity contribution is 6.04. The Kier molecular flexibility index (Phi) is 7.59. The quantitative estimate of drug-likeness (QED) is 0.395. The number of piperazine rings is 1. The number of pyridine rings is 1. The predicted molar refractivity (Wildman–Crippen MR) is 149 cm³/mol. The fourth-order valence-corrected chi connectivity index (χ4v) is 6.27. The average Bonchev–Trinajstić information content (AvgIpc) is 3.65. The van der Waals surface area contributed by atoms with Crippen LogP contribution in [0.15, 0.2) is 54.6 Å². The number of amides is 2. The lowest BCUT2D eigenvalue weighted by atomic mass is 9.92. The largest absolute Gasteiger partial charge is 0.497 e. The lowest BCUT2D eigenvalue weighted by molar-refractivity contribution is -0.118. The van der Waals surface area contributed by atoms with Gasteiger partial charge in [0, 0.05) is 60.9 Å². The van der Waals surface area contributed by atoms with E-state index in [1.54, 1.807) is 12.1 Å². The summed E-state index contributed by atoms with van der Waals surface area (Å²) in [5, 5.41) is 2.61. The van der Waals surface area contributed by atoms with Crippen LogP contribution < -0.4 is 24.6 Å². The number of rotatable bonds is 8. The van der Waals surface area contributed by atoms with Gasteiger partial charge in [-0.2, -0.15) is 8.78 Å². The number of hydrogen-bond donors (Lipinski definition) is 1. The fourth-order valence-electron chi connectivity index (χ4n) is 6.27. The number of ether oxygens (including phenoxy) is 2. The van der Waals surface area contributed by atoms with E-state index in [4.69, 9.17) is 9.72 Å². The van der Waals surface area contributed by atoms with E-state index in [2.05, 4.69) is 26.9 Å². The molecule has 2 bridgehead atoms. The van der Waals surface area contributed by atoms with Gasteiger partial charge in [-0.05, 0) is 49.9 Å². The van der Waals surface area contributed by atoms with Crippen molar-refractivity contribution in [2.24, 2.45) is 0 Å². The molecule has 0 saturated carbocycles. The SMILES string of the molecule is COc1cc(F)c([C@@H]2CN(c3cccc(N4C[C@@H]5C[C@H]4CN5C)n3)C(=O)[C@H]2NC(=O)c2ccc(OC(F)F)cc2)c(F)c1. The Labute approximate surface area is 245 Å². The molecule has 9 nitrogen and oxygen atoms in total. The van der Waals surface area contributed by atoms with Gasteiger partial charge in [-0.3, -0.25) is 19.4 Å². The van der Waals surface area contributed by atoms with E-state index in [1.807, 2.05) is 6.07 Å². The van der Waals surface area contributed by atoms with Crippen LogP contribution in [0, 0.1) is 11.6 Å². The first-order chi connectivity index (χ1) is 20.6. The number of aromatic nitrogens is 1. The summed E-state index contributed by atoms with van der Waals surface area (Å²) in [5.41, 5.74) is -0.338. The van der Waals surface area contributed by atoms with Crippen LogP contribution >= 0.6 is 0 Å². The van der Waals surface area contributed by atoms with Crippen molar-refractivity contribution < 1.29 is 36.6 Å². The number of likely N-dealkylation sites (N-methyl/N-ethyl adjacent to an activating group) is 1. The van der Waals surface area contributed by atoms with E-state index >= 15 is 8.78 Å². The number of nitrogens with zero attached hydrogens (tertiary/aromatic N) is 4. The van der Waals surface area contributed by atoms with Crippen LogP contribution in [0.5, 0.6) is 11.5 Å². The van der Waals surface area contributed by atoms with Gasteiger partial charge in [0.2, 0.25) is 0 Å². The standard InChI is InChI=1S/C30H29F4N5O4/c1-37-13-18-10-17(37)14-38(18)24-4-3-5-25(35-24)39-15-21(26-22(31)11-20(42-2)12-23(26)32)27(29(39)41)36-28(40)16-6-8-19(9-7-16)43-30(33)34/h3-9,11-12,17-18,21,27,30H,10,13-15H2,1-2H3,(H,36,40)/t17-,18-,21-,27-/m0/s1. The minimum atomic E-state index is -3.04. The Bertz CT molecular complexity index is 1520. The van der Waals surface area contributed by atoms with Crippen LogP contribution in [0.2, 0.25) is 0 Å². The second kappa shape index (κ2) is 11.4. The van der Waals surface area contributed by atoms with Gasteiger partial charge >= 0.3 is 6.61 Å². The van der Waals surface area contributed by atoms with E-state index in [0.717, 1.165) is 31.6 Å². The molecule has 6 rings (SSSR count). The monoisotopic (exact) mass is 599 g/mol. The Morgan fingerprint density at radius 2 is 1.67 bits per heavy atom. The number of benzene rings is 2. The van der Waals surface area contributed by atoms with E-state index in [0.29, 0.717) is 23.7 Å². The van der Waals surface area contributed by atoms with Gasteiger partial charge in [0.05, 0.1) is 7.11 Å². The molecule has 4 heterocycles. The molecule has 43 heavy (non-hydrogen) atoms. The molecule has 0 unspecified atom stereocenters. The second-order valence-corrected chi connectivity index (χ2v) is 10.9. The van der Waals surface area contributed by atoms with Crippen LogP contribution in [0.25, 0.3) is 0 Å². The molecule has 0 radical (unpaired) electrons. The van der Waals surface area contributed by atoms with Crippen molar-refractivity contribution in [1.82, 2.24) is 15.2 Å². The molecule has 2 amide bonds. The third kappa shape index (κ3) is 5.44. The minimum Gasteiger partial charge on any atom is -0.497 e. The topological polar surface area (TPSA) is 87.2 Å². The third-order valence-electron chi connectivity index (χ3n) is 8.41. The molecule has 3 aliphatic rings. The molecule has 0 aliphatic carbocycles. The van der Waals surface area contributed by atoms with E-state index in [-0.39, 0.29) is 29.2 Å². The number of carbonyl (C=O) groups is 2. The van der Waals surface area contributed by atoms with Crippen molar-refractivity contribution in [3.8, 4) is 11.5 Å². The molecule has 3 fully saturated rings. The Morgan fingerprint density at radius 3 is 2.28 bits per heavy atom. The maximum Gasteiger partial charge on any atom is 0.387 e. The zero-order valence-electron chi connectivity index (χ0n) is 23.3. The molecule has 1 N–H and O–H groups in total. The van der Waals surface area contributed by atoms with Gasteiger partial charge in [-0.15, -0.1) is 0 Å². The van der Waals surface area contributed by atoms with Gasteiger partial charge in [-0.25, -0.2) is 13.8 Å². The van der Waals surface area contributed by atoms with Gasteiger partial charge in [-0.1, -0.05) is 6.07 Å². The highest BCUT2D eigenvalue weighted by Crippen LogP contribution is 2.38. The molecule has 3 saturated heterocycles. The van der Waals surface area contributed by atoms with Gasteiger partial charge in [0.15, 0.2) is 0 Å². The molecule has 0 spiro atoms. The number of nitrogens with one attached hydrogen (secondary N) is 1. The number of alkyl halides is 2. The van der Waals surface area contributed by atoms with Crippen LogP contribution in [0.1, 0.15) is 28.3 Å². The van der Waals surface area contributed by atoms with E-state index < -0.39 is 42.0 Å². The number of halogens is 4. The van der Waals surface area contributed by atoms with Crippen molar-refractivity contribution in [2.45, 2.75) is 37.1 Å². The Morgan fingerprint density at radius 1 is 0.977 bits per heavy atom. The summed E-state index contributed by atoms with van der Waals surface area (Å²) in [6.45, 7) is -1.49. The zero-order valence-corrected chi connectivity index (χ0v) is 23.3.